The quantitative estimate of drug-likeness (QED) is 0.626. The lowest BCUT2D eigenvalue weighted by molar-refractivity contribution is -0.117. The Morgan fingerprint density at radius 1 is 1.13 bits per heavy atom. The second-order valence-corrected chi connectivity index (χ2v) is 9.03. The van der Waals surface area contributed by atoms with Gasteiger partial charge < -0.3 is 24.6 Å². The standard InChI is InChI=1S/C24H39N3O4/c1-6-26(7-2)16-17-30-21-11-9-8-10-20(21)25-22(28)18-19-12-14-27(15-13-19)23(29)31-24(3,4)5/h8-11,19H,6-7,12-18H2,1-5H3,(H,25,28). The van der Waals surface area contributed by atoms with E-state index in [9.17, 15) is 9.59 Å². The van der Waals surface area contributed by atoms with Gasteiger partial charge in [-0.25, -0.2) is 4.79 Å². The van der Waals surface area contributed by atoms with Crippen molar-refractivity contribution >= 4 is 17.7 Å². The monoisotopic (exact) mass is 433 g/mol. The van der Waals surface area contributed by atoms with Crippen LogP contribution < -0.4 is 10.1 Å². The number of hydrogen-bond donors (Lipinski definition) is 1. The number of likely N-dealkylation sites (N-methyl/N-ethyl adjacent to an activating group) is 1. The lowest BCUT2D eigenvalue weighted by Crippen LogP contribution is -2.42. The summed E-state index contributed by atoms with van der Waals surface area (Å²) in [7, 11) is 0. The van der Waals surface area contributed by atoms with Crippen molar-refractivity contribution in [3.8, 4) is 5.75 Å². The predicted molar refractivity (Wildman–Crippen MR) is 124 cm³/mol. The molecule has 1 aromatic rings. The van der Waals surface area contributed by atoms with Crippen LogP contribution in [0.5, 0.6) is 5.75 Å². The zero-order valence-electron chi connectivity index (χ0n) is 19.8. The van der Waals surface area contributed by atoms with Crippen LogP contribution in [0.25, 0.3) is 0 Å². The molecule has 1 aromatic carbocycles. The molecule has 2 amide bonds. The number of nitrogens with one attached hydrogen (secondary N) is 1. The number of likely N-dealkylation sites (tertiary alicyclic amines) is 1. The summed E-state index contributed by atoms with van der Waals surface area (Å²) in [6.45, 7) is 14.5. The summed E-state index contributed by atoms with van der Waals surface area (Å²) >= 11 is 0. The first kappa shape index (κ1) is 25.0. The van der Waals surface area contributed by atoms with Gasteiger partial charge >= 0.3 is 6.09 Å². The first-order chi connectivity index (χ1) is 14.7. The van der Waals surface area contributed by atoms with Crippen LogP contribution >= 0.6 is 0 Å². The van der Waals surface area contributed by atoms with E-state index in [0.717, 1.165) is 32.5 Å². The Balaban J connectivity index is 1.80. The predicted octanol–water partition coefficient (Wildman–Crippen LogP) is 4.38. The summed E-state index contributed by atoms with van der Waals surface area (Å²) in [5.74, 6) is 0.938. The van der Waals surface area contributed by atoms with Crippen molar-refractivity contribution in [3.63, 3.8) is 0 Å². The molecule has 0 spiro atoms. The van der Waals surface area contributed by atoms with Gasteiger partial charge in [-0.05, 0) is 64.8 Å². The molecule has 0 atom stereocenters. The highest BCUT2D eigenvalue weighted by molar-refractivity contribution is 5.92. The normalized spacial score (nSPS) is 15.1. The van der Waals surface area contributed by atoms with Crippen LogP contribution in [0.1, 0.15) is 53.9 Å². The molecule has 174 valence electrons. The van der Waals surface area contributed by atoms with E-state index >= 15 is 0 Å². The van der Waals surface area contributed by atoms with Crippen molar-refractivity contribution in [2.24, 2.45) is 5.92 Å². The summed E-state index contributed by atoms with van der Waals surface area (Å²) in [5.41, 5.74) is 0.215. The maximum atomic E-state index is 12.6. The van der Waals surface area contributed by atoms with E-state index in [1.54, 1.807) is 4.90 Å². The van der Waals surface area contributed by atoms with Gasteiger partial charge in [0.1, 0.15) is 18.0 Å². The zero-order valence-corrected chi connectivity index (χ0v) is 19.8. The molecule has 31 heavy (non-hydrogen) atoms. The smallest absolute Gasteiger partial charge is 0.410 e. The van der Waals surface area contributed by atoms with E-state index in [-0.39, 0.29) is 17.9 Å². The van der Waals surface area contributed by atoms with Gasteiger partial charge in [-0.2, -0.15) is 0 Å². The zero-order chi connectivity index (χ0) is 22.9. The van der Waals surface area contributed by atoms with Crippen molar-refractivity contribution in [3.05, 3.63) is 24.3 Å². The number of para-hydroxylation sites is 2. The minimum Gasteiger partial charge on any atom is -0.490 e. The third-order valence-electron chi connectivity index (χ3n) is 5.46. The van der Waals surface area contributed by atoms with Crippen LogP contribution in [-0.4, -0.2) is 66.7 Å². The van der Waals surface area contributed by atoms with E-state index in [2.05, 4.69) is 24.1 Å². The molecule has 1 fully saturated rings. The molecule has 1 N–H and O–H groups in total. The molecule has 2 rings (SSSR count). The molecule has 7 heteroatoms. The summed E-state index contributed by atoms with van der Waals surface area (Å²) in [6, 6.07) is 7.56. The van der Waals surface area contributed by atoms with Gasteiger partial charge in [0.05, 0.1) is 5.69 Å². The Kier molecular flexibility index (Phi) is 9.62. The van der Waals surface area contributed by atoms with Crippen molar-refractivity contribution < 1.29 is 19.1 Å². The SMILES string of the molecule is CCN(CC)CCOc1ccccc1NC(=O)CC1CCN(C(=O)OC(C)(C)C)CC1. The molecule has 0 radical (unpaired) electrons. The average molecular weight is 434 g/mol. The summed E-state index contributed by atoms with van der Waals surface area (Å²) in [6.07, 6.45) is 1.77. The van der Waals surface area contributed by atoms with E-state index < -0.39 is 5.60 Å². The molecule has 1 saturated heterocycles. The Hall–Kier alpha value is -2.28. The molecule has 7 nitrogen and oxygen atoms in total. The molecule has 1 aliphatic heterocycles. The van der Waals surface area contributed by atoms with Crippen LogP contribution in [0.2, 0.25) is 0 Å². The van der Waals surface area contributed by atoms with Crippen LogP contribution in [0.15, 0.2) is 24.3 Å². The van der Waals surface area contributed by atoms with Gasteiger partial charge in [0, 0.05) is 26.1 Å². The summed E-state index contributed by atoms with van der Waals surface area (Å²) in [4.78, 5) is 28.9. The number of rotatable bonds is 9. The number of carbonyl (C=O) groups excluding carboxylic acids is 2. The molecular weight excluding hydrogens is 394 g/mol. The molecule has 0 aliphatic carbocycles. The summed E-state index contributed by atoms with van der Waals surface area (Å²) in [5, 5.41) is 3.01. The average Bonchev–Trinajstić information content (AvgIpc) is 2.71. The fourth-order valence-corrected chi connectivity index (χ4v) is 3.63. The minimum absolute atomic E-state index is 0.0180. The van der Waals surface area contributed by atoms with Gasteiger partial charge in [-0.15, -0.1) is 0 Å². The van der Waals surface area contributed by atoms with Crippen molar-refractivity contribution in [2.45, 2.75) is 59.5 Å². The van der Waals surface area contributed by atoms with Gasteiger partial charge in [0.2, 0.25) is 5.91 Å². The van der Waals surface area contributed by atoms with E-state index in [0.29, 0.717) is 37.6 Å². The molecular formula is C24H39N3O4. The van der Waals surface area contributed by atoms with Gasteiger partial charge in [0.15, 0.2) is 0 Å². The van der Waals surface area contributed by atoms with E-state index in [4.69, 9.17) is 9.47 Å². The Labute approximate surface area is 187 Å². The highest BCUT2D eigenvalue weighted by atomic mass is 16.6. The molecule has 0 aromatic heterocycles. The number of ether oxygens (including phenoxy) is 2. The first-order valence-electron chi connectivity index (χ1n) is 11.4. The second-order valence-electron chi connectivity index (χ2n) is 9.03. The van der Waals surface area contributed by atoms with Gasteiger partial charge in [-0.3, -0.25) is 4.79 Å². The largest absolute Gasteiger partial charge is 0.490 e. The Bertz CT molecular complexity index is 705. The van der Waals surface area contributed by atoms with Crippen LogP contribution in [0.3, 0.4) is 0 Å². The number of hydrogen-bond acceptors (Lipinski definition) is 5. The number of carbonyl (C=O) groups is 2. The first-order valence-corrected chi connectivity index (χ1v) is 11.4. The summed E-state index contributed by atoms with van der Waals surface area (Å²) < 4.78 is 11.4. The number of nitrogens with zero attached hydrogens (tertiary/aromatic N) is 2. The van der Waals surface area contributed by atoms with Crippen molar-refractivity contribution in [2.75, 3.05) is 44.6 Å². The third-order valence-corrected chi connectivity index (χ3v) is 5.46. The highest BCUT2D eigenvalue weighted by Gasteiger charge is 2.27. The number of amides is 2. The van der Waals surface area contributed by atoms with Crippen molar-refractivity contribution in [1.29, 1.82) is 0 Å². The maximum Gasteiger partial charge on any atom is 0.410 e. The molecule has 0 saturated carbocycles. The maximum absolute atomic E-state index is 12.6. The second kappa shape index (κ2) is 11.9. The topological polar surface area (TPSA) is 71.1 Å². The van der Waals surface area contributed by atoms with Crippen molar-refractivity contribution in [1.82, 2.24) is 9.80 Å². The molecule has 1 aliphatic rings. The third kappa shape index (κ3) is 8.77. The van der Waals surface area contributed by atoms with Gasteiger partial charge in [0.25, 0.3) is 0 Å². The lowest BCUT2D eigenvalue weighted by Gasteiger charge is -2.33. The fraction of sp³-hybridized carbons (Fsp3) is 0.667. The molecule has 0 bridgehead atoms. The molecule has 1 heterocycles. The fourth-order valence-electron chi connectivity index (χ4n) is 3.63. The highest BCUT2D eigenvalue weighted by Crippen LogP contribution is 2.26. The van der Waals surface area contributed by atoms with Crippen LogP contribution in [0.4, 0.5) is 10.5 Å². The number of benzene rings is 1. The number of anilines is 1. The molecule has 0 unspecified atom stereocenters. The Morgan fingerprint density at radius 2 is 1.77 bits per heavy atom. The number of piperidine rings is 1. The van der Waals surface area contributed by atoms with Crippen LogP contribution in [0, 0.1) is 5.92 Å². The van der Waals surface area contributed by atoms with E-state index in [1.165, 1.54) is 0 Å². The lowest BCUT2D eigenvalue weighted by atomic mass is 9.93. The van der Waals surface area contributed by atoms with Gasteiger partial charge in [-0.1, -0.05) is 26.0 Å². The minimum atomic E-state index is -0.491. The van der Waals surface area contributed by atoms with E-state index in [1.807, 2.05) is 45.0 Å². The van der Waals surface area contributed by atoms with Crippen LogP contribution in [-0.2, 0) is 9.53 Å². The Morgan fingerprint density at radius 3 is 2.39 bits per heavy atom.